The van der Waals surface area contributed by atoms with Crippen molar-refractivity contribution in [3.8, 4) is 11.5 Å². The third-order valence-corrected chi connectivity index (χ3v) is 7.97. The van der Waals surface area contributed by atoms with Gasteiger partial charge in [0.15, 0.2) is 16.7 Å². The van der Waals surface area contributed by atoms with Gasteiger partial charge in [0, 0.05) is 25.7 Å². The lowest BCUT2D eigenvalue weighted by Gasteiger charge is -2.15. The van der Waals surface area contributed by atoms with Gasteiger partial charge in [-0.15, -0.1) is 0 Å². The summed E-state index contributed by atoms with van der Waals surface area (Å²) >= 11 is 25.7. The maximum Gasteiger partial charge on any atom is 0.271 e. The molecule has 0 unspecified atom stereocenters. The SMILES string of the molecule is CCOc1cc(/C=C2\SC(=Nc3ccc(Cl)cc3)N(c3ccc(Cl)cc3)C2=O)ccc1OCc1ccc(Cl)cc1Cl. The Hall–Kier alpha value is -3.13. The first kappa shape index (κ1) is 29.4. The molecule has 208 valence electrons. The van der Waals surface area contributed by atoms with Crippen molar-refractivity contribution in [2.75, 3.05) is 11.5 Å². The fraction of sp³-hybridized carbons (Fsp3) is 0.0968. The summed E-state index contributed by atoms with van der Waals surface area (Å²) in [6, 6.07) is 24.9. The first-order valence-corrected chi connectivity index (χ1v) is 14.8. The molecular weight excluding hydrogens is 622 g/mol. The molecule has 1 aliphatic heterocycles. The molecule has 1 aliphatic rings. The maximum absolute atomic E-state index is 13.7. The van der Waals surface area contributed by atoms with E-state index in [9.17, 15) is 4.79 Å². The summed E-state index contributed by atoms with van der Waals surface area (Å²) in [5, 5.41) is 2.77. The van der Waals surface area contributed by atoms with Crippen LogP contribution in [0.25, 0.3) is 6.08 Å². The van der Waals surface area contributed by atoms with Gasteiger partial charge in [-0.1, -0.05) is 58.5 Å². The zero-order valence-corrected chi connectivity index (χ0v) is 25.5. The average Bonchev–Trinajstić information content (AvgIpc) is 3.25. The molecule has 5 rings (SSSR count). The van der Waals surface area contributed by atoms with Crippen LogP contribution in [-0.2, 0) is 11.4 Å². The summed E-state index contributed by atoms with van der Waals surface area (Å²) in [6.45, 7) is 2.57. The van der Waals surface area contributed by atoms with E-state index in [2.05, 4.69) is 0 Å². The standard InChI is InChI=1S/C31H22Cl4N2O3S/c1-2-39-28-15-19(3-14-27(28)40-18-20-4-5-23(34)17-26(20)35)16-29-30(38)37(25-12-8-22(33)9-13-25)31(41-29)36-24-10-6-21(32)7-11-24/h3-17H,2,18H2,1H3/b29-16-,36-31?. The Morgan fingerprint density at radius 1 is 0.805 bits per heavy atom. The molecule has 0 N–H and O–H groups in total. The number of anilines is 1. The van der Waals surface area contributed by atoms with Gasteiger partial charge in [-0.2, -0.15) is 0 Å². The molecular formula is C31H22Cl4N2O3S. The van der Waals surface area contributed by atoms with Gasteiger partial charge in [-0.05, 0) is 103 Å². The van der Waals surface area contributed by atoms with E-state index in [4.69, 9.17) is 60.9 Å². The van der Waals surface area contributed by atoms with E-state index in [0.29, 0.717) is 59.6 Å². The van der Waals surface area contributed by atoms with Crippen LogP contribution in [-0.4, -0.2) is 17.7 Å². The minimum atomic E-state index is -0.208. The molecule has 4 aromatic carbocycles. The number of carbonyl (C=O) groups excluding carboxylic acids is 1. The van der Waals surface area contributed by atoms with Crippen molar-refractivity contribution >= 4 is 86.7 Å². The number of nitrogens with zero attached hydrogens (tertiary/aromatic N) is 2. The van der Waals surface area contributed by atoms with E-state index in [1.165, 1.54) is 11.8 Å². The number of amides is 1. The molecule has 1 saturated heterocycles. The highest BCUT2D eigenvalue weighted by molar-refractivity contribution is 8.19. The topological polar surface area (TPSA) is 51.1 Å². The second kappa shape index (κ2) is 13.2. The highest BCUT2D eigenvalue weighted by atomic mass is 35.5. The lowest BCUT2D eigenvalue weighted by molar-refractivity contribution is -0.113. The smallest absolute Gasteiger partial charge is 0.271 e. The molecule has 0 aromatic heterocycles. The number of rotatable bonds is 8. The summed E-state index contributed by atoms with van der Waals surface area (Å²) in [7, 11) is 0. The van der Waals surface area contributed by atoms with Crippen LogP contribution in [0.2, 0.25) is 20.1 Å². The Bertz CT molecular complexity index is 1640. The van der Waals surface area contributed by atoms with E-state index < -0.39 is 0 Å². The quantitative estimate of drug-likeness (QED) is 0.179. The van der Waals surface area contributed by atoms with Gasteiger partial charge in [0.2, 0.25) is 0 Å². The molecule has 5 nitrogen and oxygen atoms in total. The summed E-state index contributed by atoms with van der Waals surface area (Å²) in [4.78, 5) is 20.5. The molecule has 0 saturated carbocycles. The number of hydrogen-bond donors (Lipinski definition) is 0. The number of thioether (sulfide) groups is 1. The molecule has 1 amide bonds. The van der Waals surface area contributed by atoms with Crippen LogP contribution >= 0.6 is 58.2 Å². The summed E-state index contributed by atoms with van der Waals surface area (Å²) < 4.78 is 11.9. The Kier molecular flexibility index (Phi) is 9.48. The van der Waals surface area contributed by atoms with Crippen LogP contribution in [0.1, 0.15) is 18.1 Å². The van der Waals surface area contributed by atoms with Gasteiger partial charge < -0.3 is 9.47 Å². The van der Waals surface area contributed by atoms with Crippen LogP contribution in [0.5, 0.6) is 11.5 Å². The number of halogens is 4. The van der Waals surface area contributed by atoms with Crippen LogP contribution in [0.15, 0.2) is 94.8 Å². The van der Waals surface area contributed by atoms with E-state index in [-0.39, 0.29) is 12.5 Å². The number of aliphatic imine (C=N–C) groups is 1. The van der Waals surface area contributed by atoms with Crippen molar-refractivity contribution in [3.05, 3.63) is 121 Å². The Labute approximate surface area is 262 Å². The lowest BCUT2D eigenvalue weighted by Crippen LogP contribution is -2.28. The summed E-state index contributed by atoms with van der Waals surface area (Å²) in [5.74, 6) is 0.894. The Balaban J connectivity index is 1.45. The number of amidine groups is 1. The minimum Gasteiger partial charge on any atom is -0.490 e. The van der Waals surface area contributed by atoms with Crippen LogP contribution in [0.4, 0.5) is 11.4 Å². The van der Waals surface area contributed by atoms with Crippen LogP contribution in [0, 0.1) is 0 Å². The van der Waals surface area contributed by atoms with Crippen molar-refractivity contribution in [2.45, 2.75) is 13.5 Å². The molecule has 0 spiro atoms. The van der Waals surface area contributed by atoms with Gasteiger partial charge >= 0.3 is 0 Å². The zero-order valence-electron chi connectivity index (χ0n) is 21.6. The van der Waals surface area contributed by atoms with Gasteiger partial charge in [0.25, 0.3) is 5.91 Å². The van der Waals surface area contributed by atoms with E-state index in [1.807, 2.05) is 37.3 Å². The largest absolute Gasteiger partial charge is 0.490 e. The lowest BCUT2D eigenvalue weighted by atomic mass is 10.1. The third kappa shape index (κ3) is 7.21. The predicted octanol–water partition coefficient (Wildman–Crippen LogP) is 10.1. The fourth-order valence-electron chi connectivity index (χ4n) is 3.94. The number of hydrogen-bond acceptors (Lipinski definition) is 5. The molecule has 0 radical (unpaired) electrons. The minimum absolute atomic E-state index is 0.208. The zero-order chi connectivity index (χ0) is 28.9. The first-order valence-electron chi connectivity index (χ1n) is 12.5. The monoisotopic (exact) mass is 642 g/mol. The van der Waals surface area contributed by atoms with Crippen molar-refractivity contribution in [3.63, 3.8) is 0 Å². The highest BCUT2D eigenvalue weighted by Crippen LogP contribution is 2.39. The second-order valence-electron chi connectivity index (χ2n) is 8.76. The molecule has 41 heavy (non-hydrogen) atoms. The van der Waals surface area contributed by atoms with E-state index in [1.54, 1.807) is 65.6 Å². The molecule has 10 heteroatoms. The molecule has 0 atom stereocenters. The maximum atomic E-state index is 13.7. The van der Waals surface area contributed by atoms with Gasteiger partial charge in [-0.3, -0.25) is 9.69 Å². The predicted molar refractivity (Wildman–Crippen MR) is 171 cm³/mol. The molecule has 0 bridgehead atoms. The second-order valence-corrected chi connectivity index (χ2v) is 11.5. The van der Waals surface area contributed by atoms with Crippen LogP contribution < -0.4 is 14.4 Å². The Morgan fingerprint density at radius 3 is 2.17 bits per heavy atom. The number of carbonyl (C=O) groups is 1. The van der Waals surface area contributed by atoms with E-state index >= 15 is 0 Å². The molecule has 1 heterocycles. The van der Waals surface area contributed by atoms with Gasteiger partial charge in [0.1, 0.15) is 6.61 Å². The number of ether oxygens (including phenoxy) is 2. The normalized spacial score (nSPS) is 15.1. The molecule has 4 aromatic rings. The summed E-state index contributed by atoms with van der Waals surface area (Å²) in [6.07, 6.45) is 1.81. The third-order valence-electron chi connectivity index (χ3n) is 5.91. The van der Waals surface area contributed by atoms with E-state index in [0.717, 1.165) is 11.1 Å². The number of benzene rings is 4. The fourth-order valence-corrected chi connectivity index (χ4v) is 5.66. The van der Waals surface area contributed by atoms with Crippen LogP contribution in [0.3, 0.4) is 0 Å². The van der Waals surface area contributed by atoms with Gasteiger partial charge in [-0.25, -0.2) is 4.99 Å². The Morgan fingerprint density at radius 2 is 1.49 bits per heavy atom. The average molecular weight is 644 g/mol. The highest BCUT2D eigenvalue weighted by Gasteiger charge is 2.34. The summed E-state index contributed by atoms with van der Waals surface area (Å²) in [5.41, 5.74) is 2.89. The van der Waals surface area contributed by atoms with Crippen molar-refractivity contribution in [2.24, 2.45) is 4.99 Å². The first-order chi connectivity index (χ1) is 19.8. The van der Waals surface area contributed by atoms with Gasteiger partial charge in [0.05, 0.1) is 22.9 Å². The molecule has 1 fully saturated rings. The van der Waals surface area contributed by atoms with Crippen molar-refractivity contribution in [1.82, 2.24) is 0 Å². The van der Waals surface area contributed by atoms with Crippen molar-refractivity contribution in [1.29, 1.82) is 0 Å². The molecule has 0 aliphatic carbocycles. The van der Waals surface area contributed by atoms with Crippen molar-refractivity contribution < 1.29 is 14.3 Å².